The summed E-state index contributed by atoms with van der Waals surface area (Å²) in [6, 6.07) is 6.11. The van der Waals surface area contributed by atoms with Crippen LogP contribution in [0.15, 0.2) is 30.5 Å². The molecule has 0 unspecified atom stereocenters. The summed E-state index contributed by atoms with van der Waals surface area (Å²) >= 11 is 0. The van der Waals surface area contributed by atoms with Gasteiger partial charge in [-0.05, 0) is 25.1 Å². The summed E-state index contributed by atoms with van der Waals surface area (Å²) in [5.74, 6) is -1.03. The Kier molecular flexibility index (Phi) is 2.81. The van der Waals surface area contributed by atoms with Gasteiger partial charge in [0.25, 0.3) is 0 Å². The third-order valence-corrected chi connectivity index (χ3v) is 2.17. The molecule has 0 saturated heterocycles. The molecule has 0 bridgehead atoms. The van der Waals surface area contributed by atoms with E-state index in [0.29, 0.717) is 5.39 Å². The number of benzene rings is 1. The molecule has 0 aliphatic carbocycles. The molecule has 1 heterocycles. The molecule has 0 radical (unpaired) electrons. The first kappa shape index (κ1) is 10.5. The maximum absolute atomic E-state index is 13.6. The number of esters is 1. The largest absolute Gasteiger partial charge is 0.462 e. The highest BCUT2D eigenvalue weighted by Crippen LogP contribution is 2.18. The lowest BCUT2D eigenvalue weighted by molar-refractivity contribution is 0.0526. The van der Waals surface area contributed by atoms with Crippen LogP contribution in [0, 0.1) is 5.82 Å². The van der Waals surface area contributed by atoms with Crippen molar-refractivity contribution in [3.05, 3.63) is 41.8 Å². The summed E-state index contributed by atoms with van der Waals surface area (Å²) in [5.41, 5.74) is 0.468. The van der Waals surface area contributed by atoms with E-state index in [2.05, 4.69) is 4.98 Å². The van der Waals surface area contributed by atoms with Gasteiger partial charge in [-0.25, -0.2) is 9.18 Å². The van der Waals surface area contributed by atoms with E-state index in [9.17, 15) is 9.18 Å². The Morgan fingerprint density at radius 1 is 1.50 bits per heavy atom. The van der Waals surface area contributed by atoms with Crippen LogP contribution in [0.5, 0.6) is 0 Å². The van der Waals surface area contributed by atoms with Crippen molar-refractivity contribution in [1.29, 1.82) is 0 Å². The average Bonchev–Trinajstić information content (AvgIpc) is 2.29. The molecule has 2 aromatic rings. The number of ether oxygens (including phenoxy) is 1. The lowest BCUT2D eigenvalue weighted by Gasteiger charge is -2.04. The van der Waals surface area contributed by atoms with Crippen LogP contribution in [0.25, 0.3) is 10.9 Å². The first-order valence-corrected chi connectivity index (χ1v) is 4.93. The summed E-state index contributed by atoms with van der Waals surface area (Å²) < 4.78 is 18.4. The van der Waals surface area contributed by atoms with Crippen molar-refractivity contribution in [3.8, 4) is 0 Å². The third-order valence-electron chi connectivity index (χ3n) is 2.17. The summed E-state index contributed by atoms with van der Waals surface area (Å²) in [4.78, 5) is 15.3. The molecule has 16 heavy (non-hydrogen) atoms. The second kappa shape index (κ2) is 4.26. The van der Waals surface area contributed by atoms with E-state index in [0.717, 1.165) is 6.07 Å². The van der Waals surface area contributed by atoms with Gasteiger partial charge in [0, 0.05) is 11.6 Å². The number of hydrogen-bond donors (Lipinski definition) is 0. The van der Waals surface area contributed by atoms with Gasteiger partial charge in [-0.1, -0.05) is 6.07 Å². The Balaban J connectivity index is 2.53. The highest BCUT2D eigenvalue weighted by atomic mass is 19.1. The molecule has 0 N–H and O–H groups in total. The number of pyridine rings is 1. The van der Waals surface area contributed by atoms with Gasteiger partial charge < -0.3 is 4.74 Å². The zero-order valence-electron chi connectivity index (χ0n) is 8.74. The second-order valence-corrected chi connectivity index (χ2v) is 3.25. The smallest absolute Gasteiger partial charge is 0.338 e. The first-order chi connectivity index (χ1) is 7.72. The zero-order chi connectivity index (χ0) is 11.5. The van der Waals surface area contributed by atoms with Crippen LogP contribution in [-0.2, 0) is 4.74 Å². The number of aromatic nitrogens is 1. The lowest BCUT2D eigenvalue weighted by atomic mass is 10.1. The first-order valence-electron chi connectivity index (χ1n) is 4.93. The van der Waals surface area contributed by atoms with Gasteiger partial charge in [-0.15, -0.1) is 0 Å². The van der Waals surface area contributed by atoms with E-state index in [1.165, 1.54) is 6.20 Å². The summed E-state index contributed by atoms with van der Waals surface area (Å²) in [6.45, 7) is 1.97. The van der Waals surface area contributed by atoms with Crippen molar-refractivity contribution in [1.82, 2.24) is 4.98 Å². The topological polar surface area (TPSA) is 39.2 Å². The number of nitrogens with zero attached hydrogens (tertiary/aromatic N) is 1. The standard InChI is InChI=1S/C12H10FNO2/c1-2-16-12(15)9-6-8-4-3-5-14-11(8)10(13)7-9/h3-7H,2H2,1H3. The minimum atomic E-state index is -0.521. The average molecular weight is 219 g/mol. The van der Waals surface area contributed by atoms with E-state index in [-0.39, 0.29) is 17.7 Å². The fraction of sp³-hybridized carbons (Fsp3) is 0.167. The number of halogens is 1. The predicted molar refractivity (Wildman–Crippen MR) is 57.7 cm³/mol. The molecule has 0 atom stereocenters. The fourth-order valence-electron chi connectivity index (χ4n) is 1.48. The van der Waals surface area contributed by atoms with Crippen LogP contribution >= 0.6 is 0 Å². The maximum Gasteiger partial charge on any atom is 0.338 e. The fourth-order valence-corrected chi connectivity index (χ4v) is 1.48. The molecule has 0 amide bonds. The predicted octanol–water partition coefficient (Wildman–Crippen LogP) is 2.55. The van der Waals surface area contributed by atoms with Crippen molar-refractivity contribution >= 4 is 16.9 Å². The molecular weight excluding hydrogens is 209 g/mol. The van der Waals surface area contributed by atoms with E-state index in [1.807, 2.05) is 0 Å². The Morgan fingerprint density at radius 2 is 2.31 bits per heavy atom. The van der Waals surface area contributed by atoms with Crippen molar-refractivity contribution < 1.29 is 13.9 Å². The van der Waals surface area contributed by atoms with Crippen LogP contribution in [0.3, 0.4) is 0 Å². The van der Waals surface area contributed by atoms with Crippen LogP contribution < -0.4 is 0 Å². The van der Waals surface area contributed by atoms with E-state index >= 15 is 0 Å². The highest BCUT2D eigenvalue weighted by molar-refractivity contribution is 5.94. The van der Waals surface area contributed by atoms with Crippen LogP contribution in [-0.4, -0.2) is 17.6 Å². The molecule has 1 aromatic heterocycles. The molecular formula is C12H10FNO2. The Labute approximate surface area is 91.9 Å². The minimum Gasteiger partial charge on any atom is -0.462 e. The highest BCUT2D eigenvalue weighted by Gasteiger charge is 2.11. The lowest BCUT2D eigenvalue weighted by Crippen LogP contribution is -2.05. The molecule has 3 nitrogen and oxygen atoms in total. The normalized spacial score (nSPS) is 10.4. The molecule has 0 aliphatic rings. The molecule has 4 heteroatoms. The van der Waals surface area contributed by atoms with Crippen molar-refractivity contribution in [2.45, 2.75) is 6.92 Å². The van der Waals surface area contributed by atoms with Gasteiger partial charge in [-0.3, -0.25) is 4.98 Å². The van der Waals surface area contributed by atoms with Gasteiger partial charge in [0.1, 0.15) is 11.3 Å². The molecule has 2 rings (SSSR count). The Hall–Kier alpha value is -1.97. The van der Waals surface area contributed by atoms with Crippen molar-refractivity contribution in [3.63, 3.8) is 0 Å². The summed E-state index contributed by atoms with van der Waals surface area (Å²) in [5, 5.41) is 0.588. The number of carbonyl (C=O) groups is 1. The minimum absolute atomic E-state index is 0.208. The Bertz CT molecular complexity index is 540. The second-order valence-electron chi connectivity index (χ2n) is 3.25. The van der Waals surface area contributed by atoms with Crippen LogP contribution in [0.1, 0.15) is 17.3 Å². The van der Waals surface area contributed by atoms with Gasteiger partial charge in [0.15, 0.2) is 0 Å². The SMILES string of the molecule is CCOC(=O)c1cc(F)c2ncccc2c1. The van der Waals surface area contributed by atoms with Gasteiger partial charge >= 0.3 is 5.97 Å². The molecule has 0 fully saturated rings. The summed E-state index contributed by atoms with van der Waals surface area (Å²) in [6.07, 6.45) is 1.51. The molecule has 1 aromatic carbocycles. The Morgan fingerprint density at radius 3 is 3.06 bits per heavy atom. The van der Waals surface area contributed by atoms with Gasteiger partial charge in [0.05, 0.1) is 12.2 Å². The number of hydrogen-bond acceptors (Lipinski definition) is 3. The molecule has 82 valence electrons. The van der Waals surface area contributed by atoms with E-state index in [4.69, 9.17) is 4.74 Å². The van der Waals surface area contributed by atoms with Crippen molar-refractivity contribution in [2.75, 3.05) is 6.61 Å². The monoisotopic (exact) mass is 219 g/mol. The van der Waals surface area contributed by atoms with Gasteiger partial charge in [0.2, 0.25) is 0 Å². The summed E-state index contributed by atoms with van der Waals surface area (Å²) in [7, 11) is 0. The molecule has 0 aliphatic heterocycles. The van der Waals surface area contributed by atoms with Gasteiger partial charge in [-0.2, -0.15) is 0 Å². The number of fused-ring (bicyclic) bond motifs is 1. The zero-order valence-corrected chi connectivity index (χ0v) is 8.74. The molecule has 0 spiro atoms. The third kappa shape index (κ3) is 1.86. The quantitative estimate of drug-likeness (QED) is 0.728. The number of carbonyl (C=O) groups excluding carboxylic acids is 1. The number of rotatable bonds is 2. The molecule has 0 saturated carbocycles. The maximum atomic E-state index is 13.6. The van der Waals surface area contributed by atoms with E-state index < -0.39 is 11.8 Å². The van der Waals surface area contributed by atoms with Crippen LogP contribution in [0.4, 0.5) is 4.39 Å². The van der Waals surface area contributed by atoms with E-state index in [1.54, 1.807) is 25.1 Å². The van der Waals surface area contributed by atoms with Crippen molar-refractivity contribution in [2.24, 2.45) is 0 Å². The van der Waals surface area contributed by atoms with Crippen LogP contribution in [0.2, 0.25) is 0 Å².